The van der Waals surface area contributed by atoms with Crippen molar-refractivity contribution in [2.75, 3.05) is 5.32 Å². The second-order valence-corrected chi connectivity index (χ2v) is 3.80. The average Bonchev–Trinajstić information content (AvgIpc) is 2.76. The Morgan fingerprint density at radius 2 is 2.39 bits per heavy atom. The van der Waals surface area contributed by atoms with E-state index in [0.29, 0.717) is 0 Å². The molecule has 1 N–H and O–H groups in total. The van der Waals surface area contributed by atoms with Gasteiger partial charge in [0.15, 0.2) is 0 Å². The monoisotopic (exact) mass is 241 g/mol. The van der Waals surface area contributed by atoms with Gasteiger partial charge in [0.1, 0.15) is 18.9 Å². The van der Waals surface area contributed by atoms with E-state index in [4.69, 9.17) is 5.26 Å². The van der Waals surface area contributed by atoms with E-state index in [-0.39, 0.29) is 18.3 Å². The molecule has 1 amide bonds. The van der Waals surface area contributed by atoms with E-state index >= 15 is 0 Å². The normalized spacial score (nSPS) is 9.78. The molecule has 90 valence electrons. The van der Waals surface area contributed by atoms with Crippen molar-refractivity contribution in [1.29, 1.82) is 5.26 Å². The van der Waals surface area contributed by atoms with Gasteiger partial charge in [0, 0.05) is 5.69 Å². The van der Waals surface area contributed by atoms with E-state index in [1.807, 2.05) is 31.2 Å². The second-order valence-electron chi connectivity index (χ2n) is 3.80. The molecule has 0 bridgehead atoms. The SMILES string of the molecule is Cc1cccc(NC(=O)Cn2cnc(C#N)n2)c1. The number of nitrogens with zero attached hydrogens (tertiary/aromatic N) is 4. The van der Waals surface area contributed by atoms with Gasteiger partial charge in [-0.1, -0.05) is 12.1 Å². The minimum atomic E-state index is -0.213. The maximum absolute atomic E-state index is 11.7. The highest BCUT2D eigenvalue weighted by atomic mass is 16.2. The summed E-state index contributed by atoms with van der Waals surface area (Å²) >= 11 is 0. The highest BCUT2D eigenvalue weighted by Crippen LogP contribution is 2.09. The van der Waals surface area contributed by atoms with Crippen LogP contribution in [0, 0.1) is 18.3 Å². The van der Waals surface area contributed by atoms with Gasteiger partial charge in [-0.2, -0.15) is 5.26 Å². The van der Waals surface area contributed by atoms with Gasteiger partial charge >= 0.3 is 0 Å². The number of nitrogens with one attached hydrogen (secondary N) is 1. The molecule has 18 heavy (non-hydrogen) atoms. The number of nitriles is 1. The zero-order valence-electron chi connectivity index (χ0n) is 9.79. The van der Waals surface area contributed by atoms with Crippen molar-refractivity contribution in [2.45, 2.75) is 13.5 Å². The second kappa shape index (κ2) is 5.10. The summed E-state index contributed by atoms with van der Waals surface area (Å²) < 4.78 is 1.32. The number of aryl methyl sites for hydroxylation is 1. The smallest absolute Gasteiger partial charge is 0.252 e. The highest BCUT2D eigenvalue weighted by Gasteiger charge is 2.06. The Morgan fingerprint density at radius 3 is 3.06 bits per heavy atom. The Kier molecular flexibility index (Phi) is 3.34. The van der Waals surface area contributed by atoms with E-state index in [2.05, 4.69) is 15.4 Å². The topological polar surface area (TPSA) is 83.6 Å². The van der Waals surface area contributed by atoms with Crippen LogP contribution in [0.1, 0.15) is 11.4 Å². The van der Waals surface area contributed by atoms with Crippen molar-refractivity contribution in [3.63, 3.8) is 0 Å². The minimum absolute atomic E-state index is 0.0304. The van der Waals surface area contributed by atoms with Gasteiger partial charge in [-0.25, -0.2) is 9.67 Å². The molecule has 0 aliphatic rings. The van der Waals surface area contributed by atoms with Crippen LogP contribution in [0.3, 0.4) is 0 Å². The lowest BCUT2D eigenvalue weighted by molar-refractivity contribution is -0.116. The van der Waals surface area contributed by atoms with Crippen molar-refractivity contribution in [1.82, 2.24) is 14.8 Å². The summed E-state index contributed by atoms with van der Waals surface area (Å²) in [4.78, 5) is 15.4. The van der Waals surface area contributed by atoms with Crippen molar-refractivity contribution >= 4 is 11.6 Å². The third kappa shape index (κ3) is 2.92. The number of hydrogen-bond acceptors (Lipinski definition) is 4. The molecule has 0 unspecified atom stereocenters. The third-order valence-electron chi connectivity index (χ3n) is 2.24. The van der Waals surface area contributed by atoms with Crippen LogP contribution in [0.4, 0.5) is 5.69 Å². The first kappa shape index (κ1) is 11.8. The van der Waals surface area contributed by atoms with Crippen LogP contribution in [0.25, 0.3) is 0 Å². The first-order valence-electron chi connectivity index (χ1n) is 5.33. The van der Waals surface area contributed by atoms with E-state index in [1.54, 1.807) is 6.07 Å². The number of rotatable bonds is 3. The summed E-state index contributed by atoms with van der Waals surface area (Å²) in [6, 6.07) is 9.31. The molecule has 0 spiro atoms. The van der Waals surface area contributed by atoms with Gasteiger partial charge in [0.05, 0.1) is 0 Å². The molecule has 6 heteroatoms. The molecular formula is C12H11N5O. The maximum atomic E-state index is 11.7. The van der Waals surface area contributed by atoms with Crippen LogP contribution in [0.5, 0.6) is 0 Å². The molecule has 2 rings (SSSR count). The van der Waals surface area contributed by atoms with E-state index in [1.165, 1.54) is 11.0 Å². The zero-order chi connectivity index (χ0) is 13.0. The fourth-order valence-corrected chi connectivity index (χ4v) is 1.49. The summed E-state index contributed by atoms with van der Waals surface area (Å²) in [5, 5.41) is 15.1. The number of aromatic nitrogens is 3. The molecule has 2 aromatic rings. The summed E-state index contributed by atoms with van der Waals surface area (Å²) in [5.41, 5.74) is 1.81. The van der Waals surface area contributed by atoms with Gasteiger partial charge in [0.25, 0.3) is 5.82 Å². The first-order chi connectivity index (χ1) is 8.67. The van der Waals surface area contributed by atoms with Crippen LogP contribution in [0.15, 0.2) is 30.6 Å². The Labute approximate surface area is 104 Å². The van der Waals surface area contributed by atoms with Gasteiger partial charge in [0.2, 0.25) is 5.91 Å². The Balaban J connectivity index is 1.99. The van der Waals surface area contributed by atoms with E-state index < -0.39 is 0 Å². The largest absolute Gasteiger partial charge is 0.324 e. The van der Waals surface area contributed by atoms with Gasteiger partial charge in [-0.15, -0.1) is 5.10 Å². The number of carbonyl (C=O) groups excluding carboxylic acids is 1. The molecule has 0 radical (unpaired) electrons. The molecular weight excluding hydrogens is 230 g/mol. The van der Waals surface area contributed by atoms with Gasteiger partial charge < -0.3 is 5.32 Å². The predicted molar refractivity (Wildman–Crippen MR) is 64.5 cm³/mol. The third-order valence-corrected chi connectivity index (χ3v) is 2.24. The van der Waals surface area contributed by atoms with Crippen LogP contribution in [0.2, 0.25) is 0 Å². The summed E-state index contributed by atoms with van der Waals surface area (Å²) in [6.07, 6.45) is 1.36. The van der Waals surface area contributed by atoms with Crippen LogP contribution in [-0.4, -0.2) is 20.7 Å². The molecule has 6 nitrogen and oxygen atoms in total. The summed E-state index contributed by atoms with van der Waals surface area (Å²) in [5.74, 6) is -0.159. The van der Waals surface area contributed by atoms with Crippen LogP contribution in [-0.2, 0) is 11.3 Å². The van der Waals surface area contributed by atoms with Crippen LogP contribution >= 0.6 is 0 Å². The van der Waals surface area contributed by atoms with Crippen molar-refractivity contribution in [3.8, 4) is 6.07 Å². The Hall–Kier alpha value is -2.68. The predicted octanol–water partition coefficient (Wildman–Crippen LogP) is 1.10. The molecule has 0 saturated heterocycles. The standard InChI is InChI=1S/C12H11N5O/c1-9-3-2-4-10(5-9)15-12(18)7-17-8-14-11(6-13)16-17/h2-5,8H,7H2,1H3,(H,15,18). The van der Waals surface area contributed by atoms with E-state index in [0.717, 1.165) is 11.3 Å². The van der Waals surface area contributed by atoms with Crippen molar-refractivity contribution in [3.05, 3.63) is 42.0 Å². The number of anilines is 1. The van der Waals surface area contributed by atoms with Crippen molar-refractivity contribution < 1.29 is 4.79 Å². The molecule has 1 heterocycles. The molecule has 0 aliphatic carbocycles. The molecule has 0 saturated carbocycles. The number of benzene rings is 1. The number of hydrogen-bond donors (Lipinski definition) is 1. The van der Waals surface area contributed by atoms with Crippen LogP contribution < -0.4 is 5.32 Å². The average molecular weight is 241 g/mol. The first-order valence-corrected chi connectivity index (χ1v) is 5.33. The lowest BCUT2D eigenvalue weighted by Crippen LogP contribution is -2.19. The lowest BCUT2D eigenvalue weighted by Gasteiger charge is -2.05. The quantitative estimate of drug-likeness (QED) is 0.872. The van der Waals surface area contributed by atoms with E-state index in [9.17, 15) is 4.79 Å². The minimum Gasteiger partial charge on any atom is -0.324 e. The summed E-state index contributed by atoms with van der Waals surface area (Å²) in [6.45, 7) is 1.98. The number of amides is 1. The lowest BCUT2D eigenvalue weighted by atomic mass is 10.2. The Bertz CT molecular complexity index is 611. The van der Waals surface area contributed by atoms with Gasteiger partial charge in [-0.05, 0) is 24.6 Å². The Morgan fingerprint density at radius 1 is 1.56 bits per heavy atom. The molecule has 0 atom stereocenters. The zero-order valence-corrected chi connectivity index (χ0v) is 9.79. The fraction of sp³-hybridized carbons (Fsp3) is 0.167. The molecule has 1 aromatic carbocycles. The van der Waals surface area contributed by atoms with Gasteiger partial charge in [-0.3, -0.25) is 4.79 Å². The number of carbonyl (C=O) groups is 1. The fourth-order valence-electron chi connectivity index (χ4n) is 1.49. The molecule has 0 aliphatic heterocycles. The highest BCUT2D eigenvalue weighted by molar-refractivity contribution is 5.90. The molecule has 1 aromatic heterocycles. The molecule has 0 fully saturated rings. The maximum Gasteiger partial charge on any atom is 0.252 e. The summed E-state index contributed by atoms with van der Waals surface area (Å²) in [7, 11) is 0. The van der Waals surface area contributed by atoms with Crippen molar-refractivity contribution in [2.24, 2.45) is 0 Å².